The van der Waals surface area contributed by atoms with Crippen LogP contribution in [0, 0.1) is 6.92 Å². The SMILES string of the molecule is CN=C(NCc1ccc(SC)cc1)NCc1ccc(C)cc1OC1CCOC1. The van der Waals surface area contributed by atoms with Crippen molar-refractivity contribution in [1.29, 1.82) is 0 Å². The van der Waals surface area contributed by atoms with E-state index in [1.165, 1.54) is 16.0 Å². The normalized spacial score (nSPS) is 16.8. The average molecular weight is 400 g/mol. The molecule has 3 rings (SSSR count). The molecule has 1 fully saturated rings. The Kier molecular flexibility index (Phi) is 7.62. The van der Waals surface area contributed by atoms with Gasteiger partial charge < -0.3 is 20.1 Å². The van der Waals surface area contributed by atoms with Crippen molar-refractivity contribution in [3.05, 3.63) is 59.2 Å². The molecule has 1 aliphatic heterocycles. The summed E-state index contributed by atoms with van der Waals surface area (Å²) in [5, 5.41) is 6.76. The number of nitrogens with one attached hydrogen (secondary N) is 2. The van der Waals surface area contributed by atoms with Crippen LogP contribution in [0.5, 0.6) is 5.75 Å². The minimum absolute atomic E-state index is 0.141. The first-order valence-corrected chi connectivity index (χ1v) is 10.8. The fourth-order valence-electron chi connectivity index (χ4n) is 3.03. The van der Waals surface area contributed by atoms with Crippen LogP contribution in [-0.4, -0.2) is 38.6 Å². The highest BCUT2D eigenvalue weighted by molar-refractivity contribution is 7.98. The predicted molar refractivity (Wildman–Crippen MR) is 116 cm³/mol. The van der Waals surface area contributed by atoms with Gasteiger partial charge in [-0.25, -0.2) is 0 Å². The number of nitrogens with zero attached hydrogens (tertiary/aromatic N) is 1. The number of guanidine groups is 1. The first-order chi connectivity index (χ1) is 13.7. The lowest BCUT2D eigenvalue weighted by Gasteiger charge is -2.18. The van der Waals surface area contributed by atoms with Gasteiger partial charge in [-0.05, 0) is 42.5 Å². The number of ether oxygens (including phenoxy) is 2. The van der Waals surface area contributed by atoms with E-state index < -0.39 is 0 Å². The molecule has 28 heavy (non-hydrogen) atoms. The van der Waals surface area contributed by atoms with Crippen molar-refractivity contribution >= 4 is 17.7 Å². The summed E-state index contributed by atoms with van der Waals surface area (Å²) in [7, 11) is 1.79. The first-order valence-electron chi connectivity index (χ1n) is 9.59. The predicted octanol–water partition coefficient (Wildman–Crippen LogP) is 3.75. The summed E-state index contributed by atoms with van der Waals surface area (Å²) in [5.41, 5.74) is 3.53. The summed E-state index contributed by atoms with van der Waals surface area (Å²) in [6.45, 7) is 4.90. The molecule has 0 saturated carbocycles. The van der Waals surface area contributed by atoms with Gasteiger partial charge in [-0.15, -0.1) is 11.8 Å². The highest BCUT2D eigenvalue weighted by Gasteiger charge is 2.18. The minimum Gasteiger partial charge on any atom is -0.488 e. The number of benzene rings is 2. The van der Waals surface area contributed by atoms with Gasteiger partial charge in [0.15, 0.2) is 5.96 Å². The van der Waals surface area contributed by atoms with E-state index in [0.29, 0.717) is 13.2 Å². The van der Waals surface area contributed by atoms with Crippen LogP contribution in [0.1, 0.15) is 23.1 Å². The van der Waals surface area contributed by atoms with Crippen LogP contribution in [0.4, 0.5) is 0 Å². The van der Waals surface area contributed by atoms with Crippen LogP contribution in [-0.2, 0) is 17.8 Å². The molecule has 2 aromatic carbocycles. The van der Waals surface area contributed by atoms with Crippen molar-refractivity contribution in [2.75, 3.05) is 26.5 Å². The third kappa shape index (κ3) is 5.91. The van der Waals surface area contributed by atoms with Crippen LogP contribution in [0.15, 0.2) is 52.4 Å². The molecule has 0 aliphatic carbocycles. The Morgan fingerprint density at radius 2 is 1.96 bits per heavy atom. The highest BCUT2D eigenvalue weighted by atomic mass is 32.2. The van der Waals surface area contributed by atoms with E-state index in [4.69, 9.17) is 9.47 Å². The third-order valence-corrected chi connectivity index (χ3v) is 5.44. The van der Waals surface area contributed by atoms with Crippen molar-refractivity contribution in [3.8, 4) is 5.75 Å². The summed E-state index contributed by atoms with van der Waals surface area (Å²) in [6.07, 6.45) is 3.17. The fourth-order valence-corrected chi connectivity index (χ4v) is 3.44. The maximum atomic E-state index is 6.18. The molecule has 2 N–H and O–H groups in total. The summed E-state index contributed by atoms with van der Waals surface area (Å²) in [5.74, 6) is 1.69. The largest absolute Gasteiger partial charge is 0.488 e. The van der Waals surface area contributed by atoms with E-state index in [-0.39, 0.29) is 6.10 Å². The van der Waals surface area contributed by atoms with Gasteiger partial charge in [0.25, 0.3) is 0 Å². The molecule has 1 saturated heterocycles. The zero-order valence-corrected chi connectivity index (χ0v) is 17.6. The molecule has 2 aromatic rings. The Hall–Kier alpha value is -2.18. The summed E-state index contributed by atoms with van der Waals surface area (Å²) >= 11 is 1.75. The maximum absolute atomic E-state index is 6.18. The van der Waals surface area contributed by atoms with Crippen molar-refractivity contribution in [1.82, 2.24) is 10.6 Å². The van der Waals surface area contributed by atoms with Crippen molar-refractivity contribution in [2.45, 2.75) is 37.4 Å². The molecule has 1 unspecified atom stereocenters. The van der Waals surface area contributed by atoms with Gasteiger partial charge in [-0.2, -0.15) is 0 Å². The van der Waals surface area contributed by atoms with E-state index >= 15 is 0 Å². The summed E-state index contributed by atoms with van der Waals surface area (Å²) in [4.78, 5) is 5.60. The van der Waals surface area contributed by atoms with E-state index in [0.717, 1.165) is 36.8 Å². The van der Waals surface area contributed by atoms with Crippen LogP contribution in [0.3, 0.4) is 0 Å². The molecule has 0 bridgehead atoms. The number of thioether (sulfide) groups is 1. The Morgan fingerprint density at radius 3 is 2.64 bits per heavy atom. The lowest BCUT2D eigenvalue weighted by atomic mass is 10.1. The second-order valence-electron chi connectivity index (χ2n) is 6.84. The number of aryl methyl sites for hydroxylation is 1. The summed E-state index contributed by atoms with van der Waals surface area (Å²) < 4.78 is 11.6. The van der Waals surface area contributed by atoms with Crippen molar-refractivity contribution in [3.63, 3.8) is 0 Å². The van der Waals surface area contributed by atoms with Crippen LogP contribution in [0.2, 0.25) is 0 Å². The molecule has 0 spiro atoms. The minimum atomic E-state index is 0.141. The Morgan fingerprint density at radius 1 is 1.18 bits per heavy atom. The molecule has 1 heterocycles. The van der Waals surface area contributed by atoms with Crippen LogP contribution < -0.4 is 15.4 Å². The lowest BCUT2D eigenvalue weighted by Crippen LogP contribution is -2.36. The van der Waals surface area contributed by atoms with E-state index in [1.807, 2.05) is 0 Å². The molecule has 0 aromatic heterocycles. The third-order valence-electron chi connectivity index (χ3n) is 4.69. The fraction of sp³-hybridized carbons (Fsp3) is 0.409. The molecule has 6 heteroatoms. The standard InChI is InChI=1S/C22H29N3O2S/c1-16-4-7-18(21(12-16)27-19-10-11-26-15-19)14-25-22(23-2)24-13-17-5-8-20(28-3)9-6-17/h4-9,12,19H,10-11,13-15H2,1-3H3,(H2,23,24,25). The molecular formula is C22H29N3O2S. The maximum Gasteiger partial charge on any atom is 0.191 e. The highest BCUT2D eigenvalue weighted by Crippen LogP contribution is 2.23. The van der Waals surface area contributed by atoms with Crippen LogP contribution >= 0.6 is 11.8 Å². The molecule has 5 nitrogen and oxygen atoms in total. The van der Waals surface area contributed by atoms with Crippen molar-refractivity contribution < 1.29 is 9.47 Å². The lowest BCUT2D eigenvalue weighted by molar-refractivity contribution is 0.140. The Balaban J connectivity index is 1.56. The molecule has 0 radical (unpaired) electrons. The smallest absolute Gasteiger partial charge is 0.191 e. The van der Waals surface area contributed by atoms with Crippen molar-refractivity contribution in [2.24, 2.45) is 4.99 Å². The number of hydrogen-bond donors (Lipinski definition) is 2. The number of aliphatic imine (C=N–C) groups is 1. The first kappa shape index (κ1) is 20.6. The molecule has 1 atom stereocenters. The zero-order valence-electron chi connectivity index (χ0n) is 16.8. The monoisotopic (exact) mass is 399 g/mol. The number of rotatable bonds is 7. The van der Waals surface area contributed by atoms with Gasteiger partial charge in [0.2, 0.25) is 0 Å². The van der Waals surface area contributed by atoms with Gasteiger partial charge in [-0.3, -0.25) is 4.99 Å². The topological polar surface area (TPSA) is 54.9 Å². The average Bonchev–Trinajstić information content (AvgIpc) is 3.23. The van der Waals surface area contributed by atoms with Gasteiger partial charge in [0, 0.05) is 37.0 Å². The second-order valence-corrected chi connectivity index (χ2v) is 7.72. The van der Waals surface area contributed by atoms with E-state index in [2.05, 4.69) is 71.3 Å². The summed E-state index contributed by atoms with van der Waals surface area (Å²) in [6, 6.07) is 14.9. The zero-order chi connectivity index (χ0) is 19.8. The van der Waals surface area contributed by atoms with Gasteiger partial charge in [0.05, 0.1) is 13.2 Å². The molecule has 1 aliphatic rings. The quantitative estimate of drug-likeness (QED) is 0.422. The van der Waals surface area contributed by atoms with Crippen LogP contribution in [0.25, 0.3) is 0 Å². The van der Waals surface area contributed by atoms with Gasteiger partial charge >= 0.3 is 0 Å². The Labute approximate surface area is 171 Å². The van der Waals surface area contributed by atoms with E-state index in [9.17, 15) is 0 Å². The molecule has 0 amide bonds. The van der Waals surface area contributed by atoms with Gasteiger partial charge in [0.1, 0.15) is 11.9 Å². The Bertz CT molecular complexity index is 787. The van der Waals surface area contributed by atoms with E-state index in [1.54, 1.807) is 18.8 Å². The molecule has 150 valence electrons. The number of hydrogen-bond acceptors (Lipinski definition) is 4. The van der Waals surface area contributed by atoms with Gasteiger partial charge in [-0.1, -0.05) is 24.3 Å². The molecular weight excluding hydrogens is 370 g/mol. The second kappa shape index (κ2) is 10.4.